The summed E-state index contributed by atoms with van der Waals surface area (Å²) in [5.41, 5.74) is 6.57. The molecule has 0 fully saturated rings. The van der Waals surface area contributed by atoms with E-state index in [1.54, 1.807) is 35.3 Å². The van der Waals surface area contributed by atoms with E-state index in [1.807, 2.05) is 20.8 Å². The summed E-state index contributed by atoms with van der Waals surface area (Å²) in [7, 11) is 0.103. The zero-order valence-electron chi connectivity index (χ0n) is 22.9. The molecule has 214 valence electrons. The minimum atomic E-state index is -4.15. The standard InChI is InChI=1S/C26H31N5O8S/c1-26(2,3)23(38-25(27)32)16-12-28-31(14-16)13-15-9-19(37-6)22-20(10-15)39-29-24(22)30-40(33,34)21-11-17(35-4)7-8-18(21)36-5/h7-12,14,23H,13H2,1-6H3,(H2,27,32)(H,29,30). The first-order chi connectivity index (χ1) is 18.9. The highest BCUT2D eigenvalue weighted by Gasteiger charge is 2.31. The van der Waals surface area contributed by atoms with Gasteiger partial charge in [0.2, 0.25) is 0 Å². The van der Waals surface area contributed by atoms with E-state index in [9.17, 15) is 13.2 Å². The number of nitrogens with zero attached hydrogens (tertiary/aromatic N) is 3. The van der Waals surface area contributed by atoms with E-state index in [1.165, 1.54) is 33.5 Å². The molecule has 3 N–H and O–H groups in total. The second-order valence-electron chi connectivity index (χ2n) is 9.98. The maximum Gasteiger partial charge on any atom is 0.405 e. The van der Waals surface area contributed by atoms with Gasteiger partial charge in [0.1, 0.15) is 33.6 Å². The molecular weight excluding hydrogens is 542 g/mol. The number of anilines is 1. The lowest BCUT2D eigenvalue weighted by Crippen LogP contribution is -2.26. The first kappa shape index (κ1) is 28.5. The maximum absolute atomic E-state index is 13.3. The number of sulfonamides is 1. The van der Waals surface area contributed by atoms with Crippen LogP contribution in [-0.2, 0) is 21.3 Å². The number of hydrogen-bond acceptors (Lipinski definition) is 10. The lowest BCUT2D eigenvalue weighted by atomic mass is 9.86. The van der Waals surface area contributed by atoms with Gasteiger partial charge in [0, 0.05) is 23.2 Å². The van der Waals surface area contributed by atoms with Crippen molar-refractivity contribution in [1.82, 2.24) is 14.9 Å². The zero-order chi connectivity index (χ0) is 29.2. The van der Waals surface area contributed by atoms with E-state index in [0.717, 1.165) is 5.56 Å². The lowest BCUT2D eigenvalue weighted by molar-refractivity contribution is 0.0359. The van der Waals surface area contributed by atoms with Crippen LogP contribution >= 0.6 is 0 Å². The van der Waals surface area contributed by atoms with Gasteiger partial charge < -0.3 is 29.2 Å². The van der Waals surface area contributed by atoms with Gasteiger partial charge in [0.15, 0.2) is 11.4 Å². The number of primary amides is 1. The molecule has 0 aliphatic rings. The molecule has 0 aliphatic heterocycles. The first-order valence-corrected chi connectivity index (χ1v) is 13.5. The number of methoxy groups -OCH3 is 3. The molecule has 0 aliphatic carbocycles. The van der Waals surface area contributed by atoms with Gasteiger partial charge in [-0.3, -0.25) is 9.40 Å². The molecule has 4 aromatic rings. The molecule has 0 radical (unpaired) electrons. The second-order valence-corrected chi connectivity index (χ2v) is 11.6. The maximum atomic E-state index is 13.3. The number of rotatable bonds is 10. The summed E-state index contributed by atoms with van der Waals surface area (Å²) >= 11 is 0. The van der Waals surface area contributed by atoms with Crippen LogP contribution in [0, 0.1) is 5.41 Å². The zero-order valence-corrected chi connectivity index (χ0v) is 23.7. The molecule has 0 spiro atoms. The molecule has 1 amide bonds. The fourth-order valence-electron chi connectivity index (χ4n) is 4.24. The molecule has 0 saturated carbocycles. The Kier molecular flexibility index (Phi) is 7.82. The highest BCUT2D eigenvalue weighted by atomic mass is 32.2. The van der Waals surface area contributed by atoms with Crippen molar-refractivity contribution in [3.8, 4) is 17.2 Å². The Hall–Kier alpha value is -4.46. The number of carbonyl (C=O) groups is 1. The smallest absolute Gasteiger partial charge is 0.405 e. The number of hydrogen-bond donors (Lipinski definition) is 2. The monoisotopic (exact) mass is 573 g/mol. The lowest BCUT2D eigenvalue weighted by Gasteiger charge is -2.28. The summed E-state index contributed by atoms with van der Waals surface area (Å²) in [5.74, 6) is 0.747. The first-order valence-electron chi connectivity index (χ1n) is 12.1. The molecule has 13 nitrogen and oxygen atoms in total. The average Bonchev–Trinajstić information content (AvgIpc) is 3.52. The van der Waals surface area contributed by atoms with E-state index < -0.39 is 27.6 Å². The molecule has 2 aromatic carbocycles. The Morgan fingerprint density at radius 3 is 2.45 bits per heavy atom. The van der Waals surface area contributed by atoms with Gasteiger partial charge in [-0.1, -0.05) is 25.9 Å². The van der Waals surface area contributed by atoms with Crippen LogP contribution < -0.4 is 24.7 Å². The number of benzene rings is 2. The Labute approximate surface area is 231 Å². The van der Waals surface area contributed by atoms with Crippen molar-refractivity contribution in [2.75, 3.05) is 26.1 Å². The number of nitrogens with two attached hydrogens (primary N) is 1. The second kappa shape index (κ2) is 11.0. The predicted octanol–water partition coefficient (Wildman–Crippen LogP) is 4.08. The third-order valence-corrected chi connectivity index (χ3v) is 7.39. The molecule has 14 heteroatoms. The summed E-state index contributed by atoms with van der Waals surface area (Å²) in [4.78, 5) is 11.3. The molecule has 0 bridgehead atoms. The van der Waals surface area contributed by atoms with Gasteiger partial charge in [-0.05, 0) is 29.8 Å². The topological polar surface area (TPSA) is 170 Å². The van der Waals surface area contributed by atoms with Crippen LogP contribution in [0.1, 0.15) is 38.0 Å². The predicted molar refractivity (Wildman–Crippen MR) is 145 cm³/mol. The van der Waals surface area contributed by atoms with Gasteiger partial charge >= 0.3 is 6.09 Å². The number of carbonyl (C=O) groups excluding carboxylic acids is 1. The minimum Gasteiger partial charge on any atom is -0.497 e. The largest absolute Gasteiger partial charge is 0.497 e. The number of amides is 1. The van der Waals surface area contributed by atoms with E-state index in [4.69, 9.17) is 29.2 Å². The van der Waals surface area contributed by atoms with E-state index in [0.29, 0.717) is 34.6 Å². The van der Waals surface area contributed by atoms with Gasteiger partial charge in [0.25, 0.3) is 10.0 Å². The van der Waals surface area contributed by atoms with Crippen LogP contribution in [0.15, 0.2) is 52.1 Å². The third-order valence-electron chi connectivity index (χ3n) is 6.03. The van der Waals surface area contributed by atoms with Crippen molar-refractivity contribution < 1.29 is 36.7 Å². The van der Waals surface area contributed by atoms with Gasteiger partial charge in [-0.15, -0.1) is 0 Å². The normalized spacial score (nSPS) is 12.7. The van der Waals surface area contributed by atoms with E-state index in [-0.39, 0.29) is 16.5 Å². The van der Waals surface area contributed by atoms with Crippen LogP contribution in [0.25, 0.3) is 11.0 Å². The van der Waals surface area contributed by atoms with Crippen molar-refractivity contribution in [2.45, 2.75) is 38.3 Å². The molecule has 2 aromatic heterocycles. The van der Waals surface area contributed by atoms with E-state index in [2.05, 4.69) is 15.0 Å². The van der Waals surface area contributed by atoms with Crippen molar-refractivity contribution in [2.24, 2.45) is 11.1 Å². The molecular formula is C26H31N5O8S. The molecule has 0 saturated heterocycles. The fourth-order valence-corrected chi connectivity index (χ4v) is 5.43. The minimum absolute atomic E-state index is 0.0544. The van der Waals surface area contributed by atoms with Crippen molar-refractivity contribution in [3.63, 3.8) is 0 Å². The number of ether oxygens (including phenoxy) is 4. The molecule has 1 unspecified atom stereocenters. The Morgan fingerprint density at radius 1 is 1.10 bits per heavy atom. The van der Waals surface area contributed by atoms with Crippen LogP contribution in [0.4, 0.5) is 10.6 Å². The van der Waals surface area contributed by atoms with Gasteiger partial charge in [0.05, 0.1) is 34.1 Å². The van der Waals surface area contributed by atoms with Crippen LogP contribution in [0.2, 0.25) is 0 Å². The van der Waals surface area contributed by atoms with Crippen molar-refractivity contribution in [3.05, 3.63) is 53.9 Å². The van der Waals surface area contributed by atoms with Crippen LogP contribution in [0.5, 0.6) is 17.2 Å². The highest BCUT2D eigenvalue weighted by Crippen LogP contribution is 2.38. The van der Waals surface area contributed by atoms with Gasteiger partial charge in [-0.2, -0.15) is 5.10 Å². The van der Waals surface area contributed by atoms with Gasteiger partial charge in [-0.25, -0.2) is 13.2 Å². The molecule has 4 rings (SSSR count). The van der Waals surface area contributed by atoms with Crippen LogP contribution in [-0.4, -0.2) is 50.8 Å². The Bertz CT molecular complexity index is 1640. The quantitative estimate of drug-likeness (QED) is 0.282. The van der Waals surface area contributed by atoms with E-state index >= 15 is 0 Å². The van der Waals surface area contributed by atoms with Crippen LogP contribution in [0.3, 0.4) is 0 Å². The summed E-state index contributed by atoms with van der Waals surface area (Å²) in [6.07, 6.45) is 1.91. The molecule has 40 heavy (non-hydrogen) atoms. The summed E-state index contributed by atoms with van der Waals surface area (Å²) in [6.45, 7) is 6.09. The summed E-state index contributed by atoms with van der Waals surface area (Å²) in [6, 6.07) is 7.86. The number of aromatic nitrogens is 3. The van der Waals surface area contributed by atoms with Crippen molar-refractivity contribution >= 4 is 32.9 Å². The number of nitrogens with one attached hydrogen (secondary N) is 1. The highest BCUT2D eigenvalue weighted by molar-refractivity contribution is 7.92. The molecule has 2 heterocycles. The number of fused-ring (bicyclic) bond motifs is 1. The van der Waals surface area contributed by atoms with Crippen molar-refractivity contribution in [1.29, 1.82) is 0 Å². The summed E-state index contributed by atoms with van der Waals surface area (Å²) in [5, 5.41) is 8.67. The SMILES string of the molecule is COc1ccc(OC)c(S(=O)(=O)Nc2noc3cc(Cn4cc(C(OC(N)=O)C(C)(C)C)cn4)cc(OC)c23)c1. The fraction of sp³-hybridized carbons (Fsp3) is 0.346. The third kappa shape index (κ3) is 5.91. The Balaban J connectivity index is 1.64. The average molecular weight is 574 g/mol. The molecule has 1 atom stereocenters. The Morgan fingerprint density at radius 2 is 1.82 bits per heavy atom. The summed E-state index contributed by atoms with van der Waals surface area (Å²) < 4.78 is 57.4.